The number of benzene rings is 2. The molecule has 0 unspecified atom stereocenters. The summed E-state index contributed by atoms with van der Waals surface area (Å²) in [7, 11) is -4.93. The Morgan fingerprint density at radius 2 is 1.52 bits per heavy atom. The van der Waals surface area contributed by atoms with Gasteiger partial charge in [0.25, 0.3) is 16.0 Å². The third-order valence-electron chi connectivity index (χ3n) is 3.06. The van der Waals surface area contributed by atoms with Crippen LogP contribution in [0.4, 0.5) is 5.69 Å². The summed E-state index contributed by atoms with van der Waals surface area (Å²) in [4.78, 5) is 22.3. The van der Waals surface area contributed by atoms with E-state index in [-0.39, 0.29) is 11.4 Å². The lowest BCUT2D eigenvalue weighted by Crippen LogP contribution is -2.16. The third kappa shape index (κ3) is 3.79. The molecule has 0 aliphatic rings. The lowest BCUT2D eigenvalue weighted by atomic mass is 10.1. The second-order valence-corrected chi connectivity index (χ2v) is 6.19. The Balaban J connectivity index is 2.50. The van der Waals surface area contributed by atoms with Gasteiger partial charge < -0.3 is 25.7 Å². The van der Waals surface area contributed by atoms with Crippen molar-refractivity contribution in [1.82, 2.24) is 0 Å². The predicted molar refractivity (Wildman–Crippen MR) is 82.6 cm³/mol. The molecule has 0 aromatic heterocycles. The average Bonchev–Trinajstić information content (AvgIpc) is 2.49. The first-order chi connectivity index (χ1) is 11.5. The van der Waals surface area contributed by atoms with Gasteiger partial charge in [0.1, 0.15) is 22.1 Å². The smallest absolute Gasteiger partial charge is 0.337 e. The summed E-state index contributed by atoms with van der Waals surface area (Å²) < 4.78 is 31.3. The van der Waals surface area contributed by atoms with E-state index in [1.165, 1.54) is 0 Å². The molecule has 10 nitrogen and oxygen atoms in total. The van der Waals surface area contributed by atoms with Gasteiger partial charge in [0.05, 0.1) is 16.8 Å². The van der Waals surface area contributed by atoms with Crippen molar-refractivity contribution in [2.45, 2.75) is 4.90 Å². The highest BCUT2D eigenvalue weighted by Crippen LogP contribution is 2.32. The number of carboxylic acid groups (broad SMARTS) is 1. The maximum Gasteiger partial charge on any atom is 0.337 e. The number of carbonyl (C=O) groups is 2. The van der Waals surface area contributed by atoms with Gasteiger partial charge in [-0.1, -0.05) is 0 Å². The molecule has 0 atom stereocenters. The van der Waals surface area contributed by atoms with Crippen LogP contribution in [-0.2, 0) is 10.1 Å². The van der Waals surface area contributed by atoms with Gasteiger partial charge in [-0.15, -0.1) is 0 Å². The number of amides is 1. The van der Waals surface area contributed by atoms with Crippen molar-refractivity contribution in [3.8, 4) is 17.2 Å². The Kier molecular flexibility index (Phi) is 4.54. The lowest BCUT2D eigenvalue weighted by molar-refractivity contribution is 0.0697. The van der Waals surface area contributed by atoms with Gasteiger partial charge in [-0.05, 0) is 24.3 Å². The van der Waals surface area contributed by atoms with E-state index in [2.05, 4.69) is 5.32 Å². The van der Waals surface area contributed by atoms with Gasteiger partial charge in [0.2, 0.25) is 0 Å². The Labute approximate surface area is 140 Å². The molecule has 6 N–H and O–H groups in total. The first-order valence-corrected chi connectivity index (χ1v) is 7.86. The minimum absolute atomic E-state index is 0.258. The van der Waals surface area contributed by atoms with E-state index in [1.807, 2.05) is 0 Å². The number of hydrogen-bond donors (Lipinski definition) is 6. The highest BCUT2D eigenvalue weighted by atomic mass is 32.2. The Bertz CT molecular complexity index is 982. The normalized spacial score (nSPS) is 11.1. The minimum atomic E-state index is -4.93. The Morgan fingerprint density at radius 1 is 0.920 bits per heavy atom. The molecule has 132 valence electrons. The molecular formula is C14H11NO9S. The van der Waals surface area contributed by atoms with Crippen LogP contribution in [0.3, 0.4) is 0 Å². The molecule has 1 amide bonds. The van der Waals surface area contributed by atoms with Crippen LogP contribution in [-0.4, -0.2) is 45.3 Å². The maximum absolute atomic E-state index is 12.2. The van der Waals surface area contributed by atoms with E-state index >= 15 is 0 Å². The van der Waals surface area contributed by atoms with Gasteiger partial charge in [0.15, 0.2) is 0 Å². The van der Waals surface area contributed by atoms with E-state index < -0.39 is 49.5 Å². The van der Waals surface area contributed by atoms with Crippen molar-refractivity contribution < 1.29 is 43.0 Å². The number of carbonyl (C=O) groups excluding carboxylic acids is 1. The molecule has 0 heterocycles. The molecule has 2 aromatic rings. The molecule has 2 rings (SSSR count). The molecule has 0 bridgehead atoms. The standard InChI is InChI=1S/C14H11NO9S/c16-6-1-2-10(8(3-6)14(20)21)15-13(19)9-4-7(17)5-11(12(9)18)25(22,23)24/h1-5,16-18H,(H,15,19)(H,20,21)(H,22,23,24). The fourth-order valence-electron chi connectivity index (χ4n) is 1.97. The number of carboxylic acids is 1. The molecule has 11 heteroatoms. The number of aromatic hydroxyl groups is 3. The minimum Gasteiger partial charge on any atom is -0.508 e. The second kappa shape index (κ2) is 6.30. The number of anilines is 1. The fraction of sp³-hybridized carbons (Fsp3) is 0. The highest BCUT2D eigenvalue weighted by molar-refractivity contribution is 7.86. The molecule has 0 fully saturated rings. The molecule has 0 spiro atoms. The number of hydrogen-bond acceptors (Lipinski definition) is 7. The van der Waals surface area contributed by atoms with Crippen LogP contribution in [0.5, 0.6) is 17.2 Å². The zero-order chi connectivity index (χ0) is 18.9. The van der Waals surface area contributed by atoms with Gasteiger partial charge in [-0.2, -0.15) is 8.42 Å². The molecule has 25 heavy (non-hydrogen) atoms. The van der Waals surface area contributed by atoms with Crippen molar-refractivity contribution in [3.05, 3.63) is 41.5 Å². The van der Waals surface area contributed by atoms with E-state index in [1.54, 1.807) is 0 Å². The fourth-order valence-corrected chi connectivity index (χ4v) is 2.59. The number of phenolic OH excluding ortho intramolecular Hbond substituents is 3. The van der Waals surface area contributed by atoms with Crippen LogP contribution in [0.2, 0.25) is 0 Å². The summed E-state index contributed by atoms with van der Waals surface area (Å²) in [6.45, 7) is 0. The molecule has 0 saturated carbocycles. The van der Waals surface area contributed by atoms with Crippen LogP contribution in [0.25, 0.3) is 0 Å². The van der Waals surface area contributed by atoms with Crippen LogP contribution in [0, 0.1) is 0 Å². The van der Waals surface area contributed by atoms with Crippen LogP contribution >= 0.6 is 0 Å². The monoisotopic (exact) mass is 369 g/mol. The van der Waals surface area contributed by atoms with Gasteiger partial charge in [0, 0.05) is 6.07 Å². The van der Waals surface area contributed by atoms with Gasteiger partial charge in [-0.3, -0.25) is 9.35 Å². The Hall–Kier alpha value is -3.31. The summed E-state index contributed by atoms with van der Waals surface area (Å²) in [5.74, 6) is -4.87. The van der Waals surface area contributed by atoms with Crippen molar-refractivity contribution in [2.24, 2.45) is 0 Å². The van der Waals surface area contributed by atoms with Crippen molar-refractivity contribution in [3.63, 3.8) is 0 Å². The Morgan fingerprint density at radius 3 is 2.08 bits per heavy atom. The zero-order valence-electron chi connectivity index (χ0n) is 12.2. The van der Waals surface area contributed by atoms with Gasteiger partial charge >= 0.3 is 5.97 Å². The number of aromatic carboxylic acids is 1. The van der Waals surface area contributed by atoms with E-state index in [0.29, 0.717) is 6.07 Å². The van der Waals surface area contributed by atoms with Gasteiger partial charge in [-0.25, -0.2) is 4.79 Å². The molecule has 2 aromatic carbocycles. The van der Waals surface area contributed by atoms with Crippen molar-refractivity contribution in [1.29, 1.82) is 0 Å². The summed E-state index contributed by atoms with van der Waals surface area (Å²) in [5, 5.41) is 39.8. The molecule has 0 aliphatic heterocycles. The van der Waals surface area contributed by atoms with Crippen LogP contribution < -0.4 is 5.32 Å². The quantitative estimate of drug-likeness (QED) is 0.338. The van der Waals surface area contributed by atoms with E-state index in [4.69, 9.17) is 9.66 Å². The summed E-state index contributed by atoms with van der Waals surface area (Å²) in [6, 6.07) is 4.28. The van der Waals surface area contributed by atoms with Crippen molar-refractivity contribution in [2.75, 3.05) is 5.32 Å². The summed E-state index contributed by atoms with van der Waals surface area (Å²) in [5.41, 5.74) is -1.45. The SMILES string of the molecule is O=C(O)c1cc(O)ccc1NC(=O)c1cc(O)cc(S(=O)(=O)O)c1O. The average molecular weight is 369 g/mol. The number of phenols is 3. The number of rotatable bonds is 4. The first-order valence-electron chi connectivity index (χ1n) is 6.42. The lowest BCUT2D eigenvalue weighted by Gasteiger charge is -2.11. The largest absolute Gasteiger partial charge is 0.508 e. The summed E-state index contributed by atoms with van der Waals surface area (Å²) >= 11 is 0. The second-order valence-electron chi connectivity index (χ2n) is 4.80. The third-order valence-corrected chi connectivity index (χ3v) is 3.93. The zero-order valence-corrected chi connectivity index (χ0v) is 13.0. The molecule has 0 saturated heterocycles. The highest BCUT2D eigenvalue weighted by Gasteiger charge is 2.24. The van der Waals surface area contributed by atoms with Crippen LogP contribution in [0.1, 0.15) is 20.7 Å². The first kappa shape index (κ1) is 18.0. The molecular weight excluding hydrogens is 358 g/mol. The maximum atomic E-state index is 12.2. The topological polar surface area (TPSA) is 181 Å². The summed E-state index contributed by atoms with van der Waals surface area (Å²) in [6.07, 6.45) is 0. The molecule has 0 radical (unpaired) electrons. The molecule has 0 aliphatic carbocycles. The predicted octanol–water partition coefficient (Wildman–Crippen LogP) is 1.00. The van der Waals surface area contributed by atoms with E-state index in [0.717, 1.165) is 24.3 Å². The number of nitrogens with one attached hydrogen (secondary N) is 1. The van der Waals surface area contributed by atoms with E-state index in [9.17, 15) is 33.3 Å². The van der Waals surface area contributed by atoms with Crippen molar-refractivity contribution >= 4 is 27.7 Å². The van der Waals surface area contributed by atoms with Crippen LogP contribution in [0.15, 0.2) is 35.2 Å².